The van der Waals surface area contributed by atoms with E-state index in [0.717, 1.165) is 22.0 Å². The van der Waals surface area contributed by atoms with Crippen LogP contribution in [0.2, 0.25) is 0 Å². The third kappa shape index (κ3) is 3.32. The lowest BCUT2D eigenvalue weighted by Crippen LogP contribution is -2.15. The molecule has 0 bridgehead atoms. The predicted octanol–water partition coefficient (Wildman–Crippen LogP) is 3.90. The molecule has 3 nitrogen and oxygen atoms in total. The Morgan fingerprint density at radius 2 is 1.59 bits per heavy atom. The third-order valence-electron chi connectivity index (χ3n) is 3.59. The Labute approximate surface area is 129 Å². The van der Waals surface area contributed by atoms with E-state index < -0.39 is 6.10 Å². The van der Waals surface area contributed by atoms with E-state index in [1.165, 1.54) is 0 Å². The molecule has 1 atom stereocenters. The van der Waals surface area contributed by atoms with Crippen LogP contribution in [0.1, 0.15) is 18.1 Å². The standard InChI is InChI=1S/C19H17NO2/c21-18(13-19(22)20-17-8-2-1-3-9-17)16-11-10-14-6-4-5-7-15(14)12-16/h1-12,18,21H,13H2,(H,20,22)/t18-/m0/s1. The van der Waals surface area contributed by atoms with Crippen molar-refractivity contribution in [3.05, 3.63) is 78.4 Å². The number of para-hydroxylation sites is 1. The molecule has 0 heterocycles. The highest BCUT2D eigenvalue weighted by Gasteiger charge is 2.13. The van der Waals surface area contributed by atoms with Crippen LogP contribution in [0.3, 0.4) is 0 Å². The fourth-order valence-electron chi connectivity index (χ4n) is 2.44. The van der Waals surface area contributed by atoms with Gasteiger partial charge in [-0.1, -0.05) is 54.6 Å². The van der Waals surface area contributed by atoms with Crippen molar-refractivity contribution in [2.45, 2.75) is 12.5 Å². The Morgan fingerprint density at radius 3 is 2.36 bits per heavy atom. The van der Waals surface area contributed by atoms with Gasteiger partial charge in [-0.05, 0) is 34.5 Å². The molecule has 0 spiro atoms. The zero-order valence-corrected chi connectivity index (χ0v) is 12.1. The molecule has 0 fully saturated rings. The summed E-state index contributed by atoms with van der Waals surface area (Å²) in [6, 6.07) is 22.9. The van der Waals surface area contributed by atoms with Gasteiger partial charge in [-0.2, -0.15) is 0 Å². The molecule has 0 saturated carbocycles. The average Bonchev–Trinajstić information content (AvgIpc) is 2.55. The van der Waals surface area contributed by atoms with Crippen molar-refractivity contribution in [1.82, 2.24) is 0 Å². The number of aliphatic hydroxyl groups excluding tert-OH is 1. The first-order valence-corrected chi connectivity index (χ1v) is 7.24. The largest absolute Gasteiger partial charge is 0.388 e. The number of anilines is 1. The topological polar surface area (TPSA) is 49.3 Å². The minimum absolute atomic E-state index is 0.0350. The van der Waals surface area contributed by atoms with Gasteiger partial charge in [0.15, 0.2) is 0 Å². The molecule has 1 amide bonds. The minimum atomic E-state index is -0.812. The lowest BCUT2D eigenvalue weighted by Gasteiger charge is -2.12. The van der Waals surface area contributed by atoms with Crippen molar-refractivity contribution in [3.8, 4) is 0 Å². The molecule has 3 heteroatoms. The van der Waals surface area contributed by atoms with Crippen molar-refractivity contribution in [2.75, 3.05) is 5.32 Å². The zero-order valence-electron chi connectivity index (χ0n) is 12.1. The summed E-state index contributed by atoms with van der Waals surface area (Å²) in [4.78, 5) is 12.0. The van der Waals surface area contributed by atoms with Crippen LogP contribution >= 0.6 is 0 Å². The second-order valence-corrected chi connectivity index (χ2v) is 5.24. The summed E-state index contributed by atoms with van der Waals surface area (Å²) in [5.74, 6) is -0.202. The molecule has 2 N–H and O–H groups in total. The number of rotatable bonds is 4. The first-order valence-electron chi connectivity index (χ1n) is 7.24. The van der Waals surface area contributed by atoms with E-state index >= 15 is 0 Å². The maximum Gasteiger partial charge on any atom is 0.227 e. The zero-order chi connectivity index (χ0) is 15.4. The molecule has 0 aromatic heterocycles. The van der Waals surface area contributed by atoms with Gasteiger partial charge in [-0.15, -0.1) is 0 Å². The number of carbonyl (C=O) groups excluding carboxylic acids is 1. The molecular formula is C19H17NO2. The van der Waals surface area contributed by atoms with Crippen molar-refractivity contribution in [1.29, 1.82) is 0 Å². The lowest BCUT2D eigenvalue weighted by atomic mass is 10.0. The van der Waals surface area contributed by atoms with Crippen molar-refractivity contribution >= 4 is 22.4 Å². The molecule has 22 heavy (non-hydrogen) atoms. The second kappa shape index (κ2) is 6.41. The van der Waals surface area contributed by atoms with Gasteiger partial charge in [0.25, 0.3) is 0 Å². The quantitative estimate of drug-likeness (QED) is 0.766. The first kappa shape index (κ1) is 14.3. The van der Waals surface area contributed by atoms with E-state index in [-0.39, 0.29) is 12.3 Å². The highest BCUT2D eigenvalue weighted by molar-refractivity contribution is 5.91. The van der Waals surface area contributed by atoms with Gasteiger partial charge >= 0.3 is 0 Å². The SMILES string of the molecule is O=C(C[C@H](O)c1ccc2ccccc2c1)Nc1ccccc1. The van der Waals surface area contributed by atoms with Gasteiger partial charge in [0.1, 0.15) is 0 Å². The summed E-state index contributed by atoms with van der Waals surface area (Å²) in [5.41, 5.74) is 1.49. The normalized spacial score (nSPS) is 12.0. The van der Waals surface area contributed by atoms with Gasteiger partial charge in [0.05, 0.1) is 12.5 Å². The number of amides is 1. The molecule has 0 aliphatic heterocycles. The molecule has 3 aromatic rings. The molecular weight excluding hydrogens is 274 g/mol. The fraction of sp³-hybridized carbons (Fsp3) is 0.105. The summed E-state index contributed by atoms with van der Waals surface area (Å²) < 4.78 is 0. The third-order valence-corrected chi connectivity index (χ3v) is 3.59. The summed E-state index contributed by atoms with van der Waals surface area (Å²) >= 11 is 0. The summed E-state index contributed by atoms with van der Waals surface area (Å²) in [5, 5.41) is 15.2. The van der Waals surface area contributed by atoms with E-state index in [1.807, 2.05) is 72.8 Å². The molecule has 3 rings (SSSR count). The van der Waals surface area contributed by atoms with Gasteiger partial charge in [0.2, 0.25) is 5.91 Å². The maximum absolute atomic E-state index is 12.0. The Bertz CT molecular complexity index is 784. The number of benzene rings is 3. The Balaban J connectivity index is 1.70. The van der Waals surface area contributed by atoms with Gasteiger partial charge < -0.3 is 10.4 Å². The van der Waals surface area contributed by atoms with Crippen LogP contribution in [-0.4, -0.2) is 11.0 Å². The highest BCUT2D eigenvalue weighted by Crippen LogP contribution is 2.22. The summed E-state index contributed by atoms with van der Waals surface area (Å²) in [7, 11) is 0. The van der Waals surface area contributed by atoms with Crippen LogP contribution < -0.4 is 5.32 Å². The van der Waals surface area contributed by atoms with Crippen LogP contribution in [0.4, 0.5) is 5.69 Å². The average molecular weight is 291 g/mol. The van der Waals surface area contributed by atoms with E-state index in [2.05, 4.69) is 5.32 Å². The smallest absolute Gasteiger partial charge is 0.227 e. The number of nitrogens with one attached hydrogen (secondary N) is 1. The minimum Gasteiger partial charge on any atom is -0.388 e. The predicted molar refractivity (Wildman–Crippen MR) is 88.6 cm³/mol. The fourth-order valence-corrected chi connectivity index (χ4v) is 2.44. The summed E-state index contributed by atoms with van der Waals surface area (Å²) in [6.07, 6.45) is -0.777. The van der Waals surface area contributed by atoms with Crippen LogP contribution in [-0.2, 0) is 4.79 Å². The molecule has 110 valence electrons. The second-order valence-electron chi connectivity index (χ2n) is 5.24. The molecule has 3 aromatic carbocycles. The number of hydrogen-bond donors (Lipinski definition) is 2. The maximum atomic E-state index is 12.0. The first-order chi connectivity index (χ1) is 10.7. The van der Waals surface area contributed by atoms with Gasteiger partial charge in [-0.25, -0.2) is 0 Å². The highest BCUT2D eigenvalue weighted by atomic mass is 16.3. The Morgan fingerprint density at radius 1 is 0.909 bits per heavy atom. The summed E-state index contributed by atoms with van der Waals surface area (Å²) in [6.45, 7) is 0. The van der Waals surface area contributed by atoms with E-state index in [0.29, 0.717) is 0 Å². The molecule has 0 radical (unpaired) electrons. The van der Waals surface area contributed by atoms with Crippen molar-refractivity contribution < 1.29 is 9.90 Å². The van der Waals surface area contributed by atoms with E-state index in [4.69, 9.17) is 0 Å². The van der Waals surface area contributed by atoms with Gasteiger partial charge in [-0.3, -0.25) is 4.79 Å². The Kier molecular flexibility index (Phi) is 4.17. The number of carbonyl (C=O) groups is 1. The van der Waals surface area contributed by atoms with E-state index in [9.17, 15) is 9.90 Å². The van der Waals surface area contributed by atoms with Crippen LogP contribution in [0.5, 0.6) is 0 Å². The van der Waals surface area contributed by atoms with Crippen molar-refractivity contribution in [2.24, 2.45) is 0 Å². The molecule has 0 unspecified atom stereocenters. The number of aliphatic hydroxyl groups is 1. The lowest BCUT2D eigenvalue weighted by molar-refractivity contribution is -0.118. The molecule has 0 aliphatic carbocycles. The monoisotopic (exact) mass is 291 g/mol. The van der Waals surface area contributed by atoms with Crippen LogP contribution in [0.15, 0.2) is 72.8 Å². The molecule has 0 saturated heterocycles. The number of fused-ring (bicyclic) bond motifs is 1. The van der Waals surface area contributed by atoms with Gasteiger partial charge in [0, 0.05) is 5.69 Å². The molecule has 0 aliphatic rings. The van der Waals surface area contributed by atoms with Crippen LogP contribution in [0, 0.1) is 0 Å². The Hall–Kier alpha value is -2.65. The van der Waals surface area contributed by atoms with Crippen LogP contribution in [0.25, 0.3) is 10.8 Å². The number of hydrogen-bond acceptors (Lipinski definition) is 2. The van der Waals surface area contributed by atoms with Crippen molar-refractivity contribution in [3.63, 3.8) is 0 Å². The van der Waals surface area contributed by atoms with E-state index in [1.54, 1.807) is 0 Å².